The molecule has 0 radical (unpaired) electrons. The van der Waals surface area contributed by atoms with Crippen LogP contribution in [0.25, 0.3) is 0 Å². The van der Waals surface area contributed by atoms with Crippen LogP contribution < -0.4 is 5.32 Å². The fourth-order valence-corrected chi connectivity index (χ4v) is 2.27. The van der Waals surface area contributed by atoms with Gasteiger partial charge in [-0.05, 0) is 39.4 Å². The van der Waals surface area contributed by atoms with E-state index in [4.69, 9.17) is 4.52 Å². The first-order valence-corrected chi connectivity index (χ1v) is 6.52. The molecule has 0 aromatic carbocycles. The van der Waals surface area contributed by atoms with E-state index in [1.54, 1.807) is 0 Å². The second-order valence-electron chi connectivity index (χ2n) is 4.75. The van der Waals surface area contributed by atoms with Crippen molar-refractivity contribution >= 4 is 12.4 Å². The van der Waals surface area contributed by atoms with Crippen molar-refractivity contribution in [1.29, 1.82) is 0 Å². The Labute approximate surface area is 115 Å². The van der Waals surface area contributed by atoms with Crippen LogP contribution in [0.1, 0.15) is 37.9 Å². The molecule has 2 heterocycles. The smallest absolute Gasteiger partial charge is 0.240 e. The standard InChI is InChI=1S/C12H22N4O.ClH/c1-3-4-11-14-12(17-15-11)9-16(2)10-5-7-13-8-6-10;/h10,13H,3-9H2,1-2H3;1H. The van der Waals surface area contributed by atoms with E-state index in [0.717, 1.165) is 44.2 Å². The zero-order chi connectivity index (χ0) is 12.1. The summed E-state index contributed by atoms with van der Waals surface area (Å²) in [5, 5.41) is 7.36. The fourth-order valence-electron chi connectivity index (χ4n) is 2.27. The predicted octanol–water partition coefficient (Wildman–Crippen LogP) is 1.63. The number of rotatable bonds is 5. The number of nitrogens with zero attached hydrogens (tertiary/aromatic N) is 3. The first-order chi connectivity index (χ1) is 8.29. The predicted molar refractivity (Wildman–Crippen MR) is 72.9 cm³/mol. The summed E-state index contributed by atoms with van der Waals surface area (Å²) in [5.41, 5.74) is 0. The van der Waals surface area contributed by atoms with Crippen LogP contribution in [0.4, 0.5) is 0 Å². The zero-order valence-electron chi connectivity index (χ0n) is 11.2. The van der Waals surface area contributed by atoms with E-state index in [1.807, 2.05) is 0 Å². The Balaban J connectivity index is 0.00000162. The third-order valence-corrected chi connectivity index (χ3v) is 3.30. The van der Waals surface area contributed by atoms with Crippen molar-refractivity contribution in [3.05, 3.63) is 11.7 Å². The third kappa shape index (κ3) is 4.23. The first-order valence-electron chi connectivity index (χ1n) is 6.52. The molecule has 18 heavy (non-hydrogen) atoms. The maximum absolute atomic E-state index is 5.26. The minimum atomic E-state index is 0. The maximum Gasteiger partial charge on any atom is 0.240 e. The molecule has 1 aromatic rings. The Bertz CT molecular complexity index is 339. The topological polar surface area (TPSA) is 54.2 Å². The van der Waals surface area contributed by atoms with Crippen LogP contribution in [-0.4, -0.2) is 41.2 Å². The van der Waals surface area contributed by atoms with Crippen LogP contribution in [-0.2, 0) is 13.0 Å². The molecule has 0 atom stereocenters. The van der Waals surface area contributed by atoms with E-state index >= 15 is 0 Å². The molecule has 0 unspecified atom stereocenters. The first kappa shape index (κ1) is 15.4. The molecular formula is C12H23ClN4O. The molecule has 1 saturated heterocycles. The van der Waals surface area contributed by atoms with Crippen molar-refractivity contribution in [3.8, 4) is 0 Å². The van der Waals surface area contributed by atoms with Gasteiger partial charge in [0.05, 0.1) is 6.54 Å². The lowest BCUT2D eigenvalue weighted by molar-refractivity contribution is 0.171. The van der Waals surface area contributed by atoms with Gasteiger partial charge in [-0.25, -0.2) is 0 Å². The molecule has 0 amide bonds. The van der Waals surface area contributed by atoms with E-state index in [1.165, 1.54) is 12.8 Å². The van der Waals surface area contributed by atoms with E-state index < -0.39 is 0 Å². The highest BCUT2D eigenvalue weighted by atomic mass is 35.5. The minimum Gasteiger partial charge on any atom is -0.338 e. The molecule has 0 aliphatic carbocycles. The highest BCUT2D eigenvalue weighted by Gasteiger charge is 2.19. The monoisotopic (exact) mass is 274 g/mol. The van der Waals surface area contributed by atoms with Crippen LogP contribution >= 0.6 is 12.4 Å². The normalized spacial score (nSPS) is 16.8. The van der Waals surface area contributed by atoms with E-state index in [2.05, 4.69) is 34.3 Å². The highest BCUT2D eigenvalue weighted by molar-refractivity contribution is 5.85. The van der Waals surface area contributed by atoms with Gasteiger partial charge in [0, 0.05) is 12.5 Å². The molecular weight excluding hydrogens is 252 g/mol. The van der Waals surface area contributed by atoms with Crippen LogP contribution in [0, 0.1) is 0 Å². The van der Waals surface area contributed by atoms with Crippen LogP contribution in [0.2, 0.25) is 0 Å². The van der Waals surface area contributed by atoms with Gasteiger partial charge in [0.1, 0.15) is 0 Å². The van der Waals surface area contributed by atoms with Crippen molar-refractivity contribution in [2.75, 3.05) is 20.1 Å². The van der Waals surface area contributed by atoms with Gasteiger partial charge in [-0.3, -0.25) is 4.90 Å². The quantitative estimate of drug-likeness (QED) is 0.884. The number of hydrogen-bond donors (Lipinski definition) is 1. The Kier molecular flexibility index (Phi) is 6.60. The summed E-state index contributed by atoms with van der Waals surface area (Å²) >= 11 is 0. The summed E-state index contributed by atoms with van der Waals surface area (Å²) in [6, 6.07) is 0.637. The Morgan fingerprint density at radius 3 is 2.78 bits per heavy atom. The second kappa shape index (κ2) is 7.71. The summed E-state index contributed by atoms with van der Waals surface area (Å²) in [5.74, 6) is 1.58. The van der Waals surface area contributed by atoms with Crippen LogP contribution in [0.5, 0.6) is 0 Å². The van der Waals surface area contributed by atoms with Gasteiger partial charge in [0.2, 0.25) is 5.89 Å². The maximum atomic E-state index is 5.26. The lowest BCUT2D eigenvalue weighted by Crippen LogP contribution is -2.40. The number of aromatic nitrogens is 2. The molecule has 0 bridgehead atoms. The number of nitrogens with one attached hydrogen (secondary N) is 1. The number of halogens is 1. The minimum absolute atomic E-state index is 0. The van der Waals surface area contributed by atoms with Gasteiger partial charge < -0.3 is 9.84 Å². The van der Waals surface area contributed by atoms with E-state index in [9.17, 15) is 0 Å². The van der Waals surface area contributed by atoms with E-state index in [-0.39, 0.29) is 12.4 Å². The van der Waals surface area contributed by atoms with Crippen molar-refractivity contribution in [1.82, 2.24) is 20.4 Å². The molecule has 1 aliphatic rings. The van der Waals surface area contributed by atoms with Crippen LogP contribution in [0.15, 0.2) is 4.52 Å². The summed E-state index contributed by atoms with van der Waals surface area (Å²) in [6.07, 6.45) is 4.36. The summed E-state index contributed by atoms with van der Waals surface area (Å²) in [7, 11) is 2.14. The van der Waals surface area contributed by atoms with Gasteiger partial charge in [-0.2, -0.15) is 4.98 Å². The zero-order valence-corrected chi connectivity index (χ0v) is 12.0. The van der Waals surface area contributed by atoms with Gasteiger partial charge >= 0.3 is 0 Å². The molecule has 5 nitrogen and oxygen atoms in total. The Hall–Kier alpha value is -0.650. The largest absolute Gasteiger partial charge is 0.338 e. The molecule has 0 spiro atoms. The lowest BCUT2D eigenvalue weighted by atomic mass is 10.1. The van der Waals surface area contributed by atoms with Crippen molar-refractivity contribution in [2.45, 2.75) is 45.2 Å². The third-order valence-electron chi connectivity index (χ3n) is 3.30. The summed E-state index contributed by atoms with van der Waals surface area (Å²) < 4.78 is 5.26. The SMILES string of the molecule is CCCc1noc(CN(C)C2CCNCC2)n1.Cl. The van der Waals surface area contributed by atoms with Gasteiger partial charge in [-0.1, -0.05) is 12.1 Å². The Morgan fingerprint density at radius 2 is 2.11 bits per heavy atom. The van der Waals surface area contributed by atoms with Crippen molar-refractivity contribution in [3.63, 3.8) is 0 Å². The molecule has 1 N–H and O–H groups in total. The van der Waals surface area contributed by atoms with Gasteiger partial charge in [-0.15, -0.1) is 12.4 Å². The number of aryl methyl sites for hydroxylation is 1. The average Bonchev–Trinajstić information content (AvgIpc) is 2.78. The average molecular weight is 275 g/mol. The van der Waals surface area contributed by atoms with Crippen molar-refractivity contribution < 1.29 is 4.52 Å². The number of piperidine rings is 1. The molecule has 2 rings (SSSR count). The van der Waals surface area contributed by atoms with Gasteiger partial charge in [0.15, 0.2) is 5.82 Å². The molecule has 1 fully saturated rings. The second-order valence-corrected chi connectivity index (χ2v) is 4.75. The van der Waals surface area contributed by atoms with Crippen molar-refractivity contribution in [2.24, 2.45) is 0 Å². The Morgan fingerprint density at radius 1 is 1.39 bits per heavy atom. The lowest BCUT2D eigenvalue weighted by Gasteiger charge is -2.30. The van der Waals surface area contributed by atoms with Gasteiger partial charge in [0.25, 0.3) is 0 Å². The fraction of sp³-hybridized carbons (Fsp3) is 0.833. The van der Waals surface area contributed by atoms with Crippen LogP contribution in [0.3, 0.4) is 0 Å². The molecule has 1 aromatic heterocycles. The molecule has 0 saturated carbocycles. The highest BCUT2D eigenvalue weighted by Crippen LogP contribution is 2.12. The molecule has 104 valence electrons. The molecule has 1 aliphatic heterocycles. The summed E-state index contributed by atoms with van der Waals surface area (Å²) in [6.45, 7) is 5.11. The number of hydrogen-bond acceptors (Lipinski definition) is 5. The summed E-state index contributed by atoms with van der Waals surface area (Å²) in [4.78, 5) is 6.72. The molecule has 6 heteroatoms. The van der Waals surface area contributed by atoms with E-state index in [0.29, 0.717) is 6.04 Å².